The lowest BCUT2D eigenvalue weighted by Crippen LogP contribution is -2.50. The Balaban J connectivity index is 1.29. The fourth-order valence-corrected chi connectivity index (χ4v) is 9.75. The second kappa shape index (κ2) is 5.99. The predicted octanol–water partition coefficient (Wildman–Crippen LogP) is 7.82. The Morgan fingerprint density at radius 2 is 1.90 bits per heavy atom. The average molecular weight is 398 g/mol. The Labute approximate surface area is 181 Å². The van der Waals surface area contributed by atoms with E-state index in [1.165, 1.54) is 75.0 Å². The van der Waals surface area contributed by atoms with Crippen molar-refractivity contribution in [1.29, 1.82) is 0 Å². The van der Waals surface area contributed by atoms with Crippen molar-refractivity contribution in [2.24, 2.45) is 28.1 Å². The van der Waals surface area contributed by atoms with E-state index in [2.05, 4.69) is 48.4 Å². The maximum absolute atomic E-state index is 4.39. The number of nitrogens with zero attached hydrogens (tertiary/aromatic N) is 1. The molecular formula is C29H35N. The zero-order valence-corrected chi connectivity index (χ0v) is 18.5. The SMILES string of the molecule is CC12CCC3C=C4CCCC[C@]45CC[C@]3(C5)C1CCC2c1ccc2ccncc2c1. The standard InChI is InChI=1S/C29H35N/c1-27-12-9-24-17-23-4-2-3-11-28(23)13-14-29(24,19-28)26(27)8-7-25(27)21-6-5-20-10-15-30-18-22(20)16-21/h5-6,10,15-18,24-26H,2-4,7-9,11-14,19H2,1H3/t24?,25?,26?,27?,28-,29-/m1/s1. The molecule has 30 heavy (non-hydrogen) atoms. The number of fused-ring (bicyclic) bond motifs is 2. The van der Waals surface area contributed by atoms with E-state index < -0.39 is 0 Å². The van der Waals surface area contributed by atoms with Gasteiger partial charge in [-0.05, 0) is 121 Å². The van der Waals surface area contributed by atoms with Gasteiger partial charge in [0.25, 0.3) is 0 Å². The van der Waals surface area contributed by atoms with Gasteiger partial charge in [-0.2, -0.15) is 0 Å². The number of rotatable bonds is 1. The first-order valence-corrected chi connectivity index (χ1v) is 12.7. The summed E-state index contributed by atoms with van der Waals surface area (Å²) in [7, 11) is 0. The summed E-state index contributed by atoms with van der Waals surface area (Å²) in [6.45, 7) is 2.69. The Bertz CT molecular complexity index is 1050. The molecule has 4 saturated carbocycles. The summed E-state index contributed by atoms with van der Waals surface area (Å²) >= 11 is 0. The van der Waals surface area contributed by atoms with Crippen LogP contribution in [0.2, 0.25) is 0 Å². The number of hydrogen-bond acceptors (Lipinski definition) is 1. The van der Waals surface area contributed by atoms with Crippen LogP contribution in [0.4, 0.5) is 0 Å². The van der Waals surface area contributed by atoms with Gasteiger partial charge in [-0.3, -0.25) is 4.98 Å². The first-order chi connectivity index (χ1) is 14.6. The van der Waals surface area contributed by atoms with Crippen molar-refractivity contribution in [2.75, 3.05) is 0 Å². The van der Waals surface area contributed by atoms with Gasteiger partial charge in [0.15, 0.2) is 0 Å². The van der Waals surface area contributed by atoms with E-state index >= 15 is 0 Å². The molecule has 1 heteroatoms. The molecule has 4 fully saturated rings. The van der Waals surface area contributed by atoms with E-state index in [1.54, 1.807) is 12.0 Å². The summed E-state index contributed by atoms with van der Waals surface area (Å²) in [5.41, 5.74) is 5.23. The van der Waals surface area contributed by atoms with Gasteiger partial charge < -0.3 is 0 Å². The number of aromatic nitrogens is 1. The predicted molar refractivity (Wildman–Crippen MR) is 123 cm³/mol. The van der Waals surface area contributed by atoms with Gasteiger partial charge in [0.2, 0.25) is 0 Å². The minimum Gasteiger partial charge on any atom is -0.264 e. The number of benzene rings is 1. The number of pyridine rings is 1. The summed E-state index contributed by atoms with van der Waals surface area (Å²) in [5, 5.41) is 2.65. The monoisotopic (exact) mass is 397 g/mol. The first kappa shape index (κ1) is 18.0. The molecule has 1 nitrogen and oxygen atoms in total. The fraction of sp³-hybridized carbons (Fsp3) is 0.621. The van der Waals surface area contributed by atoms with Gasteiger partial charge >= 0.3 is 0 Å². The number of hydrogen-bond donors (Lipinski definition) is 0. The lowest BCUT2D eigenvalue weighted by molar-refractivity contribution is -0.0486. The van der Waals surface area contributed by atoms with Crippen molar-refractivity contribution >= 4 is 10.8 Å². The van der Waals surface area contributed by atoms with Crippen LogP contribution in [0.15, 0.2) is 48.3 Å². The Morgan fingerprint density at radius 3 is 2.87 bits per heavy atom. The smallest absolute Gasteiger partial charge is 0.0346 e. The third kappa shape index (κ3) is 2.17. The highest BCUT2D eigenvalue weighted by atomic mass is 14.7. The van der Waals surface area contributed by atoms with Crippen LogP contribution in [-0.2, 0) is 0 Å². The quantitative estimate of drug-likeness (QED) is 0.447. The molecule has 7 rings (SSSR count). The van der Waals surface area contributed by atoms with Crippen LogP contribution in [-0.4, -0.2) is 4.98 Å². The van der Waals surface area contributed by atoms with Crippen LogP contribution < -0.4 is 0 Å². The summed E-state index contributed by atoms with van der Waals surface area (Å²) < 4.78 is 0. The molecule has 2 spiro atoms. The molecule has 1 aromatic heterocycles. The molecule has 0 aliphatic heterocycles. The van der Waals surface area contributed by atoms with Crippen molar-refractivity contribution in [3.8, 4) is 0 Å². The van der Waals surface area contributed by atoms with Crippen molar-refractivity contribution in [1.82, 2.24) is 4.98 Å². The molecule has 4 unspecified atom stereocenters. The molecule has 0 saturated heterocycles. The van der Waals surface area contributed by atoms with Gasteiger partial charge in [-0.1, -0.05) is 37.1 Å². The van der Waals surface area contributed by atoms with Crippen molar-refractivity contribution in [3.63, 3.8) is 0 Å². The third-order valence-electron chi connectivity index (χ3n) is 11.0. The molecule has 1 aromatic carbocycles. The lowest BCUT2D eigenvalue weighted by Gasteiger charge is -2.58. The zero-order valence-electron chi connectivity index (χ0n) is 18.5. The van der Waals surface area contributed by atoms with E-state index in [9.17, 15) is 0 Å². The van der Waals surface area contributed by atoms with Crippen LogP contribution >= 0.6 is 0 Å². The first-order valence-electron chi connectivity index (χ1n) is 12.7. The van der Waals surface area contributed by atoms with Gasteiger partial charge in [-0.25, -0.2) is 0 Å². The highest BCUT2D eigenvalue weighted by molar-refractivity contribution is 5.82. The van der Waals surface area contributed by atoms with Crippen molar-refractivity contribution < 1.29 is 0 Å². The van der Waals surface area contributed by atoms with Gasteiger partial charge in [-0.15, -0.1) is 0 Å². The molecule has 5 aliphatic carbocycles. The summed E-state index contributed by atoms with van der Waals surface area (Å²) in [4.78, 5) is 4.39. The molecule has 156 valence electrons. The Hall–Kier alpha value is -1.63. The van der Waals surface area contributed by atoms with Crippen LogP contribution in [0.1, 0.15) is 89.0 Å². The normalized spacial score (nSPS) is 44.3. The maximum Gasteiger partial charge on any atom is 0.0346 e. The topological polar surface area (TPSA) is 12.9 Å². The minimum absolute atomic E-state index is 0.484. The average Bonchev–Trinajstić information content (AvgIpc) is 3.29. The second-order valence-electron chi connectivity index (χ2n) is 11.9. The molecule has 5 aliphatic rings. The van der Waals surface area contributed by atoms with Crippen molar-refractivity contribution in [2.45, 2.75) is 83.5 Å². The molecule has 2 bridgehead atoms. The summed E-state index contributed by atoms with van der Waals surface area (Å²) in [6, 6.07) is 9.41. The molecular weight excluding hydrogens is 362 g/mol. The highest BCUT2D eigenvalue weighted by Gasteiger charge is 2.66. The molecule has 6 atom stereocenters. The Kier molecular flexibility index (Phi) is 3.59. The zero-order chi connectivity index (χ0) is 20.0. The van der Waals surface area contributed by atoms with E-state index in [0.29, 0.717) is 16.2 Å². The van der Waals surface area contributed by atoms with E-state index in [1.807, 2.05) is 11.8 Å². The largest absolute Gasteiger partial charge is 0.264 e. The van der Waals surface area contributed by atoms with Crippen LogP contribution in [0, 0.1) is 28.1 Å². The maximum atomic E-state index is 4.39. The van der Waals surface area contributed by atoms with Gasteiger partial charge in [0.05, 0.1) is 0 Å². The van der Waals surface area contributed by atoms with Crippen LogP contribution in [0.3, 0.4) is 0 Å². The minimum atomic E-state index is 0.484. The van der Waals surface area contributed by atoms with Gasteiger partial charge in [0.1, 0.15) is 0 Å². The number of allylic oxidation sites excluding steroid dienone is 2. The van der Waals surface area contributed by atoms with Crippen LogP contribution in [0.5, 0.6) is 0 Å². The fourth-order valence-electron chi connectivity index (χ4n) is 9.75. The molecule has 1 heterocycles. The lowest BCUT2D eigenvalue weighted by atomic mass is 9.46. The molecule has 2 aromatic rings. The molecule has 0 amide bonds. The van der Waals surface area contributed by atoms with E-state index in [-0.39, 0.29) is 0 Å². The van der Waals surface area contributed by atoms with Crippen LogP contribution in [0.25, 0.3) is 10.8 Å². The second-order valence-corrected chi connectivity index (χ2v) is 11.9. The summed E-state index contributed by atoms with van der Waals surface area (Å²) in [6.07, 6.45) is 23.0. The van der Waals surface area contributed by atoms with Gasteiger partial charge in [0, 0.05) is 17.8 Å². The molecule has 0 radical (unpaired) electrons. The Morgan fingerprint density at radius 1 is 0.933 bits per heavy atom. The molecule has 0 N–H and O–H groups in total. The van der Waals surface area contributed by atoms with E-state index in [0.717, 1.165) is 17.8 Å². The third-order valence-corrected chi connectivity index (χ3v) is 11.0. The summed E-state index contributed by atoms with van der Waals surface area (Å²) in [5.74, 6) is 2.55. The van der Waals surface area contributed by atoms with Crippen molar-refractivity contribution in [3.05, 3.63) is 53.9 Å². The van der Waals surface area contributed by atoms with E-state index in [4.69, 9.17) is 0 Å². The highest BCUT2D eigenvalue weighted by Crippen LogP contribution is 2.76.